The Morgan fingerprint density at radius 3 is 2.46 bits per heavy atom. The van der Waals surface area contributed by atoms with Gasteiger partial charge in [-0.1, -0.05) is 0 Å². The lowest BCUT2D eigenvalue weighted by molar-refractivity contribution is -0.143. The van der Waals surface area contributed by atoms with E-state index in [0.29, 0.717) is 12.5 Å². The number of carbonyl (C=O) groups excluding carboxylic acids is 2. The first kappa shape index (κ1) is 20.2. The highest BCUT2D eigenvalue weighted by Crippen LogP contribution is 2.23. The Kier molecular flexibility index (Phi) is 7.42. The molecular formula is C20H30N2O4. The van der Waals surface area contributed by atoms with Crippen LogP contribution in [0.5, 0.6) is 0 Å². The van der Waals surface area contributed by atoms with Gasteiger partial charge in [0.25, 0.3) is 0 Å². The quantitative estimate of drug-likeness (QED) is 0.571. The average Bonchev–Trinajstić information content (AvgIpc) is 2.58. The van der Waals surface area contributed by atoms with Gasteiger partial charge in [-0.2, -0.15) is 0 Å². The summed E-state index contributed by atoms with van der Waals surface area (Å²) in [6.45, 7) is 7.58. The van der Waals surface area contributed by atoms with E-state index in [-0.39, 0.29) is 18.5 Å². The van der Waals surface area contributed by atoms with Crippen LogP contribution in [-0.2, 0) is 20.7 Å². The molecule has 0 N–H and O–H groups in total. The average molecular weight is 362 g/mol. The molecule has 0 saturated carbocycles. The summed E-state index contributed by atoms with van der Waals surface area (Å²) in [6, 6.07) is 3.64. The molecule has 0 spiro atoms. The zero-order chi connectivity index (χ0) is 19.0. The van der Waals surface area contributed by atoms with Crippen LogP contribution in [0.1, 0.15) is 52.0 Å². The van der Waals surface area contributed by atoms with Gasteiger partial charge in [-0.15, -0.1) is 0 Å². The first-order chi connectivity index (χ1) is 12.3. The topological polar surface area (TPSA) is 68.7 Å². The molecule has 0 unspecified atom stereocenters. The van der Waals surface area contributed by atoms with Gasteiger partial charge < -0.3 is 14.4 Å². The third-order valence-electron chi connectivity index (χ3n) is 4.38. The summed E-state index contributed by atoms with van der Waals surface area (Å²) in [5, 5.41) is 0. The maximum atomic E-state index is 12.0. The standard InChI is InChI=1S/C20H30N2O4/c1-20(2,3)26-19(24)22-12-8-16(9-13-22)5-4-14-25-18(23)15-17-6-10-21-11-7-17/h6-7,10-11,16H,4-5,8-9,12-15H2,1-3H3. The van der Waals surface area contributed by atoms with E-state index in [4.69, 9.17) is 9.47 Å². The highest BCUT2D eigenvalue weighted by atomic mass is 16.6. The molecule has 1 saturated heterocycles. The second-order valence-electron chi connectivity index (χ2n) is 7.81. The SMILES string of the molecule is CC(C)(C)OC(=O)N1CCC(CCCOC(=O)Cc2ccncc2)CC1. The van der Waals surface area contributed by atoms with Gasteiger partial charge in [0.1, 0.15) is 5.60 Å². The van der Waals surface area contributed by atoms with Crippen LogP contribution in [-0.4, -0.2) is 47.2 Å². The van der Waals surface area contributed by atoms with Crippen molar-refractivity contribution in [3.05, 3.63) is 30.1 Å². The van der Waals surface area contributed by atoms with Crippen molar-refractivity contribution in [2.45, 2.75) is 58.5 Å². The molecule has 1 aliphatic rings. The van der Waals surface area contributed by atoms with Gasteiger partial charge >= 0.3 is 12.1 Å². The number of esters is 1. The molecule has 0 radical (unpaired) electrons. The van der Waals surface area contributed by atoms with Crippen LogP contribution in [0, 0.1) is 5.92 Å². The van der Waals surface area contributed by atoms with Gasteiger partial charge in [0, 0.05) is 25.5 Å². The van der Waals surface area contributed by atoms with Crippen LogP contribution < -0.4 is 0 Å². The number of hydrogen-bond acceptors (Lipinski definition) is 5. The lowest BCUT2D eigenvalue weighted by Gasteiger charge is -2.33. The molecule has 2 heterocycles. The Morgan fingerprint density at radius 1 is 1.19 bits per heavy atom. The van der Waals surface area contributed by atoms with Crippen LogP contribution in [0.25, 0.3) is 0 Å². The van der Waals surface area contributed by atoms with E-state index in [9.17, 15) is 9.59 Å². The monoisotopic (exact) mass is 362 g/mol. The molecule has 1 aliphatic heterocycles. The molecule has 0 atom stereocenters. The smallest absolute Gasteiger partial charge is 0.410 e. The van der Waals surface area contributed by atoms with Gasteiger partial charge in [-0.3, -0.25) is 9.78 Å². The van der Waals surface area contributed by atoms with Crippen LogP contribution in [0.15, 0.2) is 24.5 Å². The van der Waals surface area contributed by atoms with E-state index in [2.05, 4.69) is 4.98 Å². The van der Waals surface area contributed by atoms with Crippen LogP contribution in [0.2, 0.25) is 0 Å². The molecule has 144 valence electrons. The van der Waals surface area contributed by atoms with E-state index in [1.54, 1.807) is 17.3 Å². The summed E-state index contributed by atoms with van der Waals surface area (Å²) >= 11 is 0. The van der Waals surface area contributed by atoms with Crippen molar-refractivity contribution in [1.82, 2.24) is 9.88 Å². The van der Waals surface area contributed by atoms with Crippen molar-refractivity contribution in [3.8, 4) is 0 Å². The molecule has 26 heavy (non-hydrogen) atoms. The number of hydrogen-bond donors (Lipinski definition) is 0. The molecule has 0 bridgehead atoms. The van der Waals surface area contributed by atoms with Crippen molar-refractivity contribution >= 4 is 12.1 Å². The van der Waals surface area contributed by atoms with E-state index < -0.39 is 5.60 Å². The van der Waals surface area contributed by atoms with Crippen LogP contribution >= 0.6 is 0 Å². The molecule has 0 aromatic carbocycles. The van der Waals surface area contributed by atoms with Crippen molar-refractivity contribution in [1.29, 1.82) is 0 Å². The van der Waals surface area contributed by atoms with Gasteiger partial charge in [-0.05, 0) is 70.1 Å². The normalized spacial score (nSPS) is 15.6. The Morgan fingerprint density at radius 2 is 1.85 bits per heavy atom. The van der Waals surface area contributed by atoms with Crippen molar-refractivity contribution in [2.75, 3.05) is 19.7 Å². The largest absolute Gasteiger partial charge is 0.465 e. The Balaban J connectivity index is 1.57. The van der Waals surface area contributed by atoms with E-state index in [0.717, 1.165) is 44.3 Å². The Bertz CT molecular complexity index is 575. The number of carbonyl (C=O) groups is 2. The molecule has 1 fully saturated rings. The second kappa shape index (κ2) is 9.55. The number of ether oxygens (including phenoxy) is 2. The number of rotatable bonds is 6. The molecule has 1 amide bonds. The minimum Gasteiger partial charge on any atom is -0.465 e. The molecule has 2 rings (SSSR count). The van der Waals surface area contributed by atoms with Crippen molar-refractivity contribution in [2.24, 2.45) is 5.92 Å². The molecule has 1 aromatic rings. The number of amides is 1. The number of pyridine rings is 1. The molecular weight excluding hydrogens is 332 g/mol. The Labute approximate surface area is 155 Å². The predicted molar refractivity (Wildman–Crippen MR) is 98.7 cm³/mol. The van der Waals surface area contributed by atoms with Gasteiger partial charge in [0.05, 0.1) is 13.0 Å². The maximum Gasteiger partial charge on any atom is 0.410 e. The highest BCUT2D eigenvalue weighted by Gasteiger charge is 2.26. The summed E-state index contributed by atoms with van der Waals surface area (Å²) < 4.78 is 10.7. The summed E-state index contributed by atoms with van der Waals surface area (Å²) in [5.41, 5.74) is 0.466. The fraction of sp³-hybridized carbons (Fsp3) is 0.650. The van der Waals surface area contributed by atoms with E-state index in [1.807, 2.05) is 32.9 Å². The Hall–Kier alpha value is -2.11. The molecule has 6 heteroatoms. The number of piperidine rings is 1. The van der Waals surface area contributed by atoms with Gasteiger partial charge in [0.15, 0.2) is 0 Å². The minimum absolute atomic E-state index is 0.198. The summed E-state index contributed by atoms with van der Waals surface area (Å²) in [5.74, 6) is 0.378. The van der Waals surface area contributed by atoms with Gasteiger partial charge in [-0.25, -0.2) is 4.79 Å². The number of aromatic nitrogens is 1. The first-order valence-electron chi connectivity index (χ1n) is 9.36. The lowest BCUT2D eigenvalue weighted by Crippen LogP contribution is -2.41. The zero-order valence-electron chi connectivity index (χ0n) is 16.1. The molecule has 1 aromatic heterocycles. The fourth-order valence-corrected chi connectivity index (χ4v) is 3.01. The summed E-state index contributed by atoms with van der Waals surface area (Å²) in [6.07, 6.45) is 7.24. The number of nitrogens with zero attached hydrogens (tertiary/aromatic N) is 2. The summed E-state index contributed by atoms with van der Waals surface area (Å²) in [4.78, 5) is 29.6. The minimum atomic E-state index is -0.450. The zero-order valence-corrected chi connectivity index (χ0v) is 16.1. The van der Waals surface area contributed by atoms with Crippen LogP contribution in [0.4, 0.5) is 4.79 Å². The van der Waals surface area contributed by atoms with Crippen LogP contribution in [0.3, 0.4) is 0 Å². The highest BCUT2D eigenvalue weighted by molar-refractivity contribution is 5.72. The van der Waals surface area contributed by atoms with E-state index >= 15 is 0 Å². The third-order valence-corrected chi connectivity index (χ3v) is 4.38. The first-order valence-corrected chi connectivity index (χ1v) is 9.36. The number of likely N-dealkylation sites (tertiary alicyclic amines) is 1. The maximum absolute atomic E-state index is 12.0. The molecule has 6 nitrogen and oxygen atoms in total. The molecule has 0 aliphatic carbocycles. The van der Waals surface area contributed by atoms with Gasteiger partial charge in [0.2, 0.25) is 0 Å². The second-order valence-corrected chi connectivity index (χ2v) is 7.81. The van der Waals surface area contributed by atoms with Crippen molar-refractivity contribution < 1.29 is 19.1 Å². The third kappa shape index (κ3) is 7.42. The van der Waals surface area contributed by atoms with E-state index in [1.165, 1.54) is 0 Å². The predicted octanol–water partition coefficient (Wildman–Crippen LogP) is 3.59. The lowest BCUT2D eigenvalue weighted by atomic mass is 9.92. The van der Waals surface area contributed by atoms with Crippen molar-refractivity contribution in [3.63, 3.8) is 0 Å². The summed E-state index contributed by atoms with van der Waals surface area (Å²) in [7, 11) is 0. The fourth-order valence-electron chi connectivity index (χ4n) is 3.01.